The van der Waals surface area contributed by atoms with E-state index in [-0.39, 0.29) is 11.5 Å². The molecule has 0 atom stereocenters. The van der Waals surface area contributed by atoms with Gasteiger partial charge < -0.3 is 0 Å². The van der Waals surface area contributed by atoms with Crippen LogP contribution in [0.1, 0.15) is 0 Å². The summed E-state index contributed by atoms with van der Waals surface area (Å²) in [6.07, 6.45) is 0.998. The molecule has 0 aliphatic rings. The largest absolute Gasteiger partial charge is 0.229 e. The van der Waals surface area contributed by atoms with E-state index in [1.165, 1.54) is 7.05 Å². The van der Waals surface area contributed by atoms with Crippen LogP contribution in [0.25, 0.3) is 0 Å². The quantitative estimate of drug-likeness (QED) is 0.605. The van der Waals surface area contributed by atoms with Gasteiger partial charge in [0.05, 0.1) is 11.5 Å². The highest BCUT2D eigenvalue weighted by molar-refractivity contribution is 7.93. The molecule has 0 radical (unpaired) electrons. The Labute approximate surface area is 66.8 Å². The predicted molar refractivity (Wildman–Crippen MR) is 42.6 cm³/mol. The Morgan fingerprint density at radius 2 is 1.55 bits per heavy atom. The van der Waals surface area contributed by atoms with Crippen molar-refractivity contribution in [2.24, 2.45) is 0 Å². The molecule has 0 amide bonds. The van der Waals surface area contributed by atoms with Crippen molar-refractivity contribution >= 4 is 19.9 Å². The normalized spacial score (nSPS) is 13.3. The summed E-state index contributed by atoms with van der Waals surface area (Å²) in [5.41, 5.74) is 0. The minimum Gasteiger partial charge on any atom is -0.229 e. The van der Waals surface area contributed by atoms with Gasteiger partial charge in [-0.05, 0) is 7.05 Å². The van der Waals surface area contributed by atoms with Crippen LogP contribution >= 0.6 is 0 Å². The first-order valence-electron chi connectivity index (χ1n) is 2.86. The zero-order chi connectivity index (χ0) is 9.12. The highest BCUT2D eigenvalue weighted by Crippen LogP contribution is 1.87. The van der Waals surface area contributed by atoms with E-state index in [1.54, 1.807) is 0 Å². The van der Waals surface area contributed by atoms with E-state index in [9.17, 15) is 16.8 Å². The molecule has 0 fully saturated rings. The van der Waals surface area contributed by atoms with Crippen LogP contribution in [0.4, 0.5) is 0 Å². The molecule has 0 aliphatic heterocycles. The lowest BCUT2D eigenvalue weighted by molar-refractivity contribution is 0.584. The van der Waals surface area contributed by atoms with E-state index >= 15 is 0 Å². The number of nitrogens with one attached hydrogen (secondary N) is 1. The average Bonchev–Trinajstić information content (AvgIpc) is 1.83. The molecule has 1 N–H and O–H groups in total. The van der Waals surface area contributed by atoms with E-state index in [0.717, 1.165) is 6.26 Å². The molecule has 0 bridgehead atoms. The monoisotopic (exact) mass is 201 g/mol. The van der Waals surface area contributed by atoms with Gasteiger partial charge in [-0.2, -0.15) is 0 Å². The molecule has 0 aliphatic carbocycles. The molecular formula is C4H11NO4S2. The SMILES string of the molecule is CNS(=O)(=O)CCS(C)(=O)=O. The van der Waals surface area contributed by atoms with Crippen molar-refractivity contribution in [3.05, 3.63) is 0 Å². The molecule has 5 nitrogen and oxygen atoms in total. The van der Waals surface area contributed by atoms with Gasteiger partial charge in [-0.3, -0.25) is 0 Å². The van der Waals surface area contributed by atoms with Crippen LogP contribution in [0.3, 0.4) is 0 Å². The maximum Gasteiger partial charge on any atom is 0.212 e. The molecule has 0 aromatic carbocycles. The summed E-state index contributed by atoms with van der Waals surface area (Å²) in [5.74, 6) is -0.710. The van der Waals surface area contributed by atoms with E-state index in [2.05, 4.69) is 0 Å². The van der Waals surface area contributed by atoms with Gasteiger partial charge in [-0.15, -0.1) is 0 Å². The molecular weight excluding hydrogens is 190 g/mol. The summed E-state index contributed by atoms with van der Waals surface area (Å²) in [4.78, 5) is 0. The Bertz CT molecular complexity index is 301. The molecule has 0 unspecified atom stereocenters. The Morgan fingerprint density at radius 1 is 1.09 bits per heavy atom. The molecule has 0 aromatic heterocycles. The molecule has 7 heteroatoms. The minimum atomic E-state index is -3.38. The first-order chi connectivity index (χ1) is 4.77. The second-order valence-electron chi connectivity index (χ2n) is 2.15. The Balaban J connectivity index is 4.13. The summed E-state index contributed by atoms with van der Waals surface area (Å²) in [7, 11) is -5.32. The third kappa shape index (κ3) is 6.27. The van der Waals surface area contributed by atoms with Crippen LogP contribution in [-0.4, -0.2) is 41.6 Å². The molecule has 0 saturated heterocycles. The third-order valence-corrected chi connectivity index (χ3v) is 3.60. The number of sulfone groups is 1. The van der Waals surface area contributed by atoms with Crippen molar-refractivity contribution in [2.75, 3.05) is 24.8 Å². The topological polar surface area (TPSA) is 80.3 Å². The number of rotatable bonds is 4. The van der Waals surface area contributed by atoms with Crippen LogP contribution in [0.5, 0.6) is 0 Å². The number of hydrogen-bond donors (Lipinski definition) is 1. The van der Waals surface area contributed by atoms with Gasteiger partial charge in [0.15, 0.2) is 0 Å². The second kappa shape index (κ2) is 3.51. The summed E-state index contributed by atoms with van der Waals surface area (Å²) < 4.78 is 44.4. The lowest BCUT2D eigenvalue weighted by Crippen LogP contribution is -2.26. The fraction of sp³-hybridized carbons (Fsp3) is 1.00. The summed E-state index contributed by atoms with van der Waals surface area (Å²) in [5, 5.41) is 0. The van der Waals surface area contributed by atoms with Crippen molar-refractivity contribution in [3.8, 4) is 0 Å². The summed E-state index contributed by atoms with van der Waals surface area (Å²) in [6.45, 7) is 0. The zero-order valence-corrected chi connectivity index (χ0v) is 8.00. The van der Waals surface area contributed by atoms with Gasteiger partial charge in [0.2, 0.25) is 10.0 Å². The number of hydrogen-bond acceptors (Lipinski definition) is 4. The molecule has 0 aromatic rings. The Hall–Kier alpha value is -0.140. The standard InChI is InChI=1S/C4H11NO4S2/c1-5-11(8,9)4-3-10(2,6)7/h5H,3-4H2,1-2H3. The second-order valence-corrected chi connectivity index (χ2v) is 6.46. The predicted octanol–water partition coefficient (Wildman–Crippen LogP) is -1.42. The van der Waals surface area contributed by atoms with Crippen LogP contribution < -0.4 is 4.72 Å². The van der Waals surface area contributed by atoms with Crippen molar-refractivity contribution in [2.45, 2.75) is 0 Å². The highest BCUT2D eigenvalue weighted by atomic mass is 32.2. The fourth-order valence-electron chi connectivity index (χ4n) is 0.363. The Kier molecular flexibility index (Phi) is 3.46. The van der Waals surface area contributed by atoms with Crippen molar-refractivity contribution in [1.29, 1.82) is 0 Å². The maximum absolute atomic E-state index is 10.7. The van der Waals surface area contributed by atoms with Crippen LogP contribution in [0.2, 0.25) is 0 Å². The smallest absolute Gasteiger partial charge is 0.212 e. The molecule has 11 heavy (non-hydrogen) atoms. The van der Waals surface area contributed by atoms with Gasteiger partial charge in [0, 0.05) is 6.26 Å². The third-order valence-electron chi connectivity index (χ3n) is 1.03. The van der Waals surface area contributed by atoms with Crippen molar-refractivity contribution in [3.63, 3.8) is 0 Å². The first kappa shape index (κ1) is 10.9. The fourth-order valence-corrected chi connectivity index (χ4v) is 2.66. The van der Waals surface area contributed by atoms with Gasteiger partial charge in [-0.25, -0.2) is 21.6 Å². The van der Waals surface area contributed by atoms with Gasteiger partial charge >= 0.3 is 0 Å². The van der Waals surface area contributed by atoms with E-state index in [4.69, 9.17) is 0 Å². The molecule has 0 saturated carbocycles. The van der Waals surface area contributed by atoms with Crippen molar-refractivity contribution in [1.82, 2.24) is 4.72 Å². The van der Waals surface area contributed by atoms with E-state index in [0.29, 0.717) is 0 Å². The Morgan fingerprint density at radius 3 is 1.82 bits per heavy atom. The molecule has 0 spiro atoms. The van der Waals surface area contributed by atoms with E-state index < -0.39 is 19.9 Å². The van der Waals surface area contributed by atoms with Crippen LogP contribution in [-0.2, 0) is 19.9 Å². The average molecular weight is 201 g/mol. The van der Waals surface area contributed by atoms with Crippen LogP contribution in [0, 0.1) is 0 Å². The van der Waals surface area contributed by atoms with Crippen LogP contribution in [0.15, 0.2) is 0 Å². The molecule has 0 heterocycles. The first-order valence-corrected chi connectivity index (χ1v) is 6.57. The highest BCUT2D eigenvalue weighted by Gasteiger charge is 2.11. The maximum atomic E-state index is 10.7. The lowest BCUT2D eigenvalue weighted by atomic mass is 11.0. The van der Waals surface area contributed by atoms with Gasteiger partial charge in [0.25, 0.3) is 0 Å². The number of sulfonamides is 1. The van der Waals surface area contributed by atoms with Gasteiger partial charge in [0.1, 0.15) is 9.84 Å². The lowest BCUT2D eigenvalue weighted by Gasteiger charge is -1.99. The van der Waals surface area contributed by atoms with E-state index in [1.807, 2.05) is 4.72 Å². The van der Waals surface area contributed by atoms with Gasteiger partial charge in [-0.1, -0.05) is 0 Å². The van der Waals surface area contributed by atoms with Crippen molar-refractivity contribution < 1.29 is 16.8 Å². The summed E-state index contributed by atoms with van der Waals surface area (Å²) >= 11 is 0. The minimum absolute atomic E-state index is 0.337. The summed E-state index contributed by atoms with van der Waals surface area (Å²) in [6, 6.07) is 0. The molecule has 0 rings (SSSR count). The zero-order valence-electron chi connectivity index (χ0n) is 6.36. The molecule has 68 valence electrons.